The second-order valence-corrected chi connectivity index (χ2v) is 8.43. The summed E-state index contributed by atoms with van der Waals surface area (Å²) in [7, 11) is 0. The summed E-state index contributed by atoms with van der Waals surface area (Å²) in [6.07, 6.45) is 11.6. The van der Waals surface area contributed by atoms with Gasteiger partial charge in [0.2, 0.25) is 5.91 Å². The van der Waals surface area contributed by atoms with E-state index in [0.717, 1.165) is 42.5 Å². The molecule has 0 spiro atoms. The fourth-order valence-corrected chi connectivity index (χ4v) is 4.29. The Labute approximate surface area is 154 Å². The molecule has 5 heteroatoms. The molecule has 0 aliphatic heterocycles. The van der Waals surface area contributed by atoms with Crippen LogP contribution in [0.3, 0.4) is 0 Å². The molecule has 0 bridgehead atoms. The van der Waals surface area contributed by atoms with Gasteiger partial charge in [-0.3, -0.25) is 9.78 Å². The van der Waals surface area contributed by atoms with Crippen LogP contribution in [0.15, 0.2) is 30.7 Å². The maximum atomic E-state index is 12.7. The predicted molar refractivity (Wildman–Crippen MR) is 100 cm³/mol. The van der Waals surface area contributed by atoms with E-state index >= 15 is 0 Å². The van der Waals surface area contributed by atoms with E-state index in [1.165, 1.54) is 12.8 Å². The van der Waals surface area contributed by atoms with Gasteiger partial charge in [0.25, 0.3) is 0 Å². The summed E-state index contributed by atoms with van der Waals surface area (Å²) in [5.74, 6) is 1.09. The molecular formula is C21H26N4O. The van der Waals surface area contributed by atoms with Crippen molar-refractivity contribution in [2.24, 2.45) is 11.3 Å². The molecule has 4 rings (SSSR count). The molecule has 0 radical (unpaired) electrons. The Bertz CT molecular complexity index is 797. The van der Waals surface area contributed by atoms with Gasteiger partial charge in [-0.15, -0.1) is 0 Å². The summed E-state index contributed by atoms with van der Waals surface area (Å²) in [4.78, 5) is 26.2. The number of rotatable bonds is 3. The zero-order valence-corrected chi connectivity index (χ0v) is 15.5. The van der Waals surface area contributed by atoms with Crippen molar-refractivity contribution < 1.29 is 4.79 Å². The maximum absolute atomic E-state index is 12.7. The van der Waals surface area contributed by atoms with Crippen molar-refractivity contribution in [3.63, 3.8) is 0 Å². The SMILES string of the molecule is CC1(C)Cc2nc(-c3cccnc3)ncc2[C@H](NC(=O)C2CCCC2)C1. The lowest BCUT2D eigenvalue weighted by molar-refractivity contribution is -0.125. The number of hydrogen-bond donors (Lipinski definition) is 1. The summed E-state index contributed by atoms with van der Waals surface area (Å²) < 4.78 is 0. The van der Waals surface area contributed by atoms with Crippen molar-refractivity contribution in [1.29, 1.82) is 0 Å². The number of pyridine rings is 1. The predicted octanol–water partition coefficient (Wildman–Crippen LogP) is 3.86. The van der Waals surface area contributed by atoms with E-state index in [-0.39, 0.29) is 23.3 Å². The Kier molecular flexibility index (Phi) is 4.47. The average Bonchev–Trinajstić information content (AvgIpc) is 3.16. The van der Waals surface area contributed by atoms with E-state index in [0.29, 0.717) is 5.82 Å². The Morgan fingerprint density at radius 1 is 1.23 bits per heavy atom. The van der Waals surface area contributed by atoms with Crippen LogP contribution in [0, 0.1) is 11.3 Å². The van der Waals surface area contributed by atoms with Crippen LogP contribution in [0.5, 0.6) is 0 Å². The van der Waals surface area contributed by atoms with Crippen LogP contribution in [0.4, 0.5) is 0 Å². The van der Waals surface area contributed by atoms with Gasteiger partial charge in [-0.05, 0) is 43.2 Å². The van der Waals surface area contributed by atoms with Crippen molar-refractivity contribution >= 4 is 5.91 Å². The Morgan fingerprint density at radius 2 is 2.04 bits per heavy atom. The molecule has 2 aliphatic carbocycles. The molecule has 2 aliphatic rings. The van der Waals surface area contributed by atoms with Crippen LogP contribution in [0.2, 0.25) is 0 Å². The van der Waals surface area contributed by atoms with Gasteiger partial charge in [-0.2, -0.15) is 0 Å². The molecule has 2 heterocycles. The second-order valence-electron chi connectivity index (χ2n) is 8.43. The highest BCUT2D eigenvalue weighted by atomic mass is 16.1. The van der Waals surface area contributed by atoms with E-state index in [9.17, 15) is 4.79 Å². The third-order valence-electron chi connectivity index (χ3n) is 5.64. The number of carbonyl (C=O) groups is 1. The fourth-order valence-electron chi connectivity index (χ4n) is 4.29. The van der Waals surface area contributed by atoms with E-state index < -0.39 is 0 Å². The first-order valence-electron chi connectivity index (χ1n) is 9.58. The highest BCUT2D eigenvalue weighted by Crippen LogP contribution is 2.40. The molecular weight excluding hydrogens is 324 g/mol. The molecule has 0 aromatic carbocycles. The van der Waals surface area contributed by atoms with Gasteiger partial charge in [0, 0.05) is 35.6 Å². The molecule has 1 amide bonds. The summed E-state index contributed by atoms with van der Waals surface area (Å²) in [5.41, 5.74) is 3.14. The van der Waals surface area contributed by atoms with Crippen LogP contribution in [-0.2, 0) is 11.2 Å². The Balaban J connectivity index is 1.63. The third kappa shape index (κ3) is 3.48. The van der Waals surface area contributed by atoms with Crippen LogP contribution >= 0.6 is 0 Å². The van der Waals surface area contributed by atoms with E-state index in [4.69, 9.17) is 4.98 Å². The summed E-state index contributed by atoms with van der Waals surface area (Å²) in [6.45, 7) is 4.49. The van der Waals surface area contributed by atoms with E-state index in [1.54, 1.807) is 12.4 Å². The van der Waals surface area contributed by atoms with Gasteiger partial charge >= 0.3 is 0 Å². The molecule has 1 saturated carbocycles. The summed E-state index contributed by atoms with van der Waals surface area (Å²) in [5, 5.41) is 3.30. The average molecular weight is 350 g/mol. The minimum atomic E-state index is 0.00444. The van der Waals surface area contributed by atoms with E-state index in [2.05, 4.69) is 29.1 Å². The first kappa shape index (κ1) is 17.1. The molecule has 0 saturated heterocycles. The standard InChI is InChI=1S/C21H26N4O/c1-21(2)10-17-16(13-23-19(24-17)15-8-5-9-22-12-15)18(11-21)25-20(26)14-6-3-4-7-14/h5,8-9,12-14,18H,3-4,6-7,10-11H2,1-2H3,(H,25,26)/t18-/m1/s1. The van der Waals surface area contributed by atoms with Gasteiger partial charge in [0.1, 0.15) is 0 Å². The molecule has 5 nitrogen and oxygen atoms in total. The number of carbonyl (C=O) groups excluding carboxylic acids is 1. The number of fused-ring (bicyclic) bond motifs is 1. The molecule has 2 aromatic heterocycles. The minimum absolute atomic E-state index is 0.00444. The lowest BCUT2D eigenvalue weighted by Gasteiger charge is -2.37. The number of nitrogens with zero attached hydrogens (tertiary/aromatic N) is 3. The largest absolute Gasteiger partial charge is 0.349 e. The second kappa shape index (κ2) is 6.78. The monoisotopic (exact) mass is 350 g/mol. The Morgan fingerprint density at radius 3 is 2.77 bits per heavy atom. The molecule has 0 unspecified atom stereocenters. The Hall–Kier alpha value is -2.30. The van der Waals surface area contributed by atoms with Gasteiger partial charge in [0.05, 0.1) is 11.7 Å². The topological polar surface area (TPSA) is 67.8 Å². The molecule has 1 fully saturated rings. The zero-order valence-electron chi connectivity index (χ0n) is 15.5. The highest BCUT2D eigenvalue weighted by molar-refractivity contribution is 5.79. The van der Waals surface area contributed by atoms with Crippen LogP contribution in [0.1, 0.15) is 63.3 Å². The van der Waals surface area contributed by atoms with Crippen LogP contribution in [-0.4, -0.2) is 20.9 Å². The summed E-state index contributed by atoms with van der Waals surface area (Å²) in [6, 6.07) is 3.87. The van der Waals surface area contributed by atoms with Gasteiger partial charge < -0.3 is 5.32 Å². The normalized spacial score (nSPS) is 22.0. The third-order valence-corrected chi connectivity index (χ3v) is 5.64. The van der Waals surface area contributed by atoms with Crippen molar-refractivity contribution in [3.05, 3.63) is 42.0 Å². The molecule has 2 aromatic rings. The highest BCUT2D eigenvalue weighted by Gasteiger charge is 2.35. The molecule has 26 heavy (non-hydrogen) atoms. The lowest BCUT2D eigenvalue weighted by Crippen LogP contribution is -2.39. The molecule has 1 N–H and O–H groups in total. The van der Waals surface area contributed by atoms with Crippen molar-refractivity contribution in [2.45, 2.75) is 58.4 Å². The quantitative estimate of drug-likeness (QED) is 0.913. The van der Waals surface area contributed by atoms with Gasteiger partial charge in [0.15, 0.2) is 5.82 Å². The first-order chi connectivity index (χ1) is 12.5. The lowest BCUT2D eigenvalue weighted by atomic mass is 9.74. The number of nitrogens with one attached hydrogen (secondary N) is 1. The first-order valence-corrected chi connectivity index (χ1v) is 9.58. The van der Waals surface area contributed by atoms with Crippen molar-refractivity contribution in [3.8, 4) is 11.4 Å². The van der Waals surface area contributed by atoms with Gasteiger partial charge in [-0.1, -0.05) is 26.7 Å². The summed E-state index contributed by atoms with van der Waals surface area (Å²) >= 11 is 0. The number of amides is 1. The van der Waals surface area contributed by atoms with E-state index in [1.807, 2.05) is 18.3 Å². The van der Waals surface area contributed by atoms with Gasteiger partial charge in [-0.25, -0.2) is 9.97 Å². The van der Waals surface area contributed by atoms with Crippen LogP contribution < -0.4 is 5.32 Å². The van der Waals surface area contributed by atoms with Crippen molar-refractivity contribution in [2.75, 3.05) is 0 Å². The molecule has 136 valence electrons. The molecule has 1 atom stereocenters. The van der Waals surface area contributed by atoms with Crippen molar-refractivity contribution in [1.82, 2.24) is 20.3 Å². The maximum Gasteiger partial charge on any atom is 0.223 e. The number of hydrogen-bond acceptors (Lipinski definition) is 4. The smallest absolute Gasteiger partial charge is 0.223 e. The number of aromatic nitrogens is 3. The zero-order chi connectivity index (χ0) is 18.1. The van der Waals surface area contributed by atoms with Crippen LogP contribution in [0.25, 0.3) is 11.4 Å². The minimum Gasteiger partial charge on any atom is -0.349 e. The fraction of sp³-hybridized carbons (Fsp3) is 0.524.